The van der Waals surface area contributed by atoms with Crippen molar-refractivity contribution in [3.63, 3.8) is 0 Å². The zero-order valence-electron chi connectivity index (χ0n) is 10.5. The van der Waals surface area contributed by atoms with E-state index < -0.39 is 10.0 Å². The van der Waals surface area contributed by atoms with E-state index in [1.165, 1.54) is 6.26 Å². The average molecular weight is 316 g/mol. The molecule has 2 heterocycles. The van der Waals surface area contributed by atoms with Gasteiger partial charge in [-0.25, -0.2) is 13.1 Å². The molecular formula is C10H12N4O4S2. The Morgan fingerprint density at radius 3 is 2.90 bits per heavy atom. The Morgan fingerprint density at radius 2 is 2.25 bits per heavy atom. The van der Waals surface area contributed by atoms with Gasteiger partial charge in [-0.2, -0.15) is 0 Å². The number of sulfonamides is 1. The zero-order chi connectivity index (χ0) is 14.6. The van der Waals surface area contributed by atoms with Crippen LogP contribution in [0.5, 0.6) is 0 Å². The van der Waals surface area contributed by atoms with Crippen molar-refractivity contribution in [2.24, 2.45) is 0 Å². The fourth-order valence-electron chi connectivity index (χ4n) is 1.22. The van der Waals surface area contributed by atoms with Crippen molar-refractivity contribution in [3.8, 4) is 0 Å². The maximum atomic E-state index is 11.9. The van der Waals surface area contributed by atoms with Gasteiger partial charge in [-0.3, -0.25) is 4.79 Å². The van der Waals surface area contributed by atoms with E-state index in [-0.39, 0.29) is 28.3 Å². The molecule has 108 valence electrons. The van der Waals surface area contributed by atoms with Crippen LogP contribution < -0.4 is 10.0 Å². The average Bonchev–Trinajstić information content (AvgIpc) is 3.07. The summed E-state index contributed by atoms with van der Waals surface area (Å²) in [6.07, 6.45) is 1.73. The molecule has 2 N–H and O–H groups in total. The lowest BCUT2D eigenvalue weighted by Crippen LogP contribution is -2.22. The first kappa shape index (κ1) is 14.6. The molecule has 0 radical (unpaired) electrons. The van der Waals surface area contributed by atoms with E-state index in [1.54, 1.807) is 19.1 Å². The Hall–Kier alpha value is -1.78. The van der Waals surface area contributed by atoms with Gasteiger partial charge in [-0.15, -0.1) is 10.2 Å². The number of nitrogens with zero attached hydrogens (tertiary/aromatic N) is 2. The summed E-state index contributed by atoms with van der Waals surface area (Å²) in [5.41, 5.74) is 0. The maximum absolute atomic E-state index is 11.9. The maximum Gasteiger partial charge on any atom is 0.270 e. The number of furan rings is 1. The summed E-state index contributed by atoms with van der Waals surface area (Å²) in [4.78, 5) is 11.2. The van der Waals surface area contributed by atoms with E-state index in [1.807, 2.05) is 0 Å². The van der Waals surface area contributed by atoms with Gasteiger partial charge in [0.2, 0.25) is 15.4 Å². The normalized spacial score (nSPS) is 11.4. The summed E-state index contributed by atoms with van der Waals surface area (Å²) >= 11 is 0.785. The molecule has 20 heavy (non-hydrogen) atoms. The first-order valence-corrected chi connectivity index (χ1v) is 7.96. The minimum absolute atomic E-state index is 0.0194. The Morgan fingerprint density at radius 1 is 1.45 bits per heavy atom. The molecule has 1 amide bonds. The highest BCUT2D eigenvalue weighted by Crippen LogP contribution is 2.20. The number of hydrogen-bond acceptors (Lipinski definition) is 7. The summed E-state index contributed by atoms with van der Waals surface area (Å²) in [7, 11) is -3.77. The molecular weight excluding hydrogens is 304 g/mol. The lowest BCUT2D eigenvalue weighted by atomic mass is 10.5. The van der Waals surface area contributed by atoms with Crippen LogP contribution in [0.2, 0.25) is 0 Å². The van der Waals surface area contributed by atoms with E-state index in [0.29, 0.717) is 5.76 Å². The van der Waals surface area contributed by atoms with Crippen LogP contribution in [-0.2, 0) is 21.4 Å². The van der Waals surface area contributed by atoms with Gasteiger partial charge in [0.1, 0.15) is 5.76 Å². The number of nitrogens with one attached hydrogen (secondary N) is 2. The minimum Gasteiger partial charge on any atom is -0.468 e. The molecule has 8 nitrogen and oxygen atoms in total. The van der Waals surface area contributed by atoms with Crippen LogP contribution >= 0.6 is 11.3 Å². The molecule has 0 fully saturated rings. The van der Waals surface area contributed by atoms with Gasteiger partial charge in [0, 0.05) is 6.42 Å². The second kappa shape index (κ2) is 6.11. The highest BCUT2D eigenvalue weighted by atomic mass is 32.2. The Bertz CT molecular complexity index is 678. The van der Waals surface area contributed by atoms with Crippen LogP contribution in [0, 0.1) is 0 Å². The molecule has 0 aliphatic rings. The number of carbonyl (C=O) groups is 1. The van der Waals surface area contributed by atoms with Crippen molar-refractivity contribution in [2.45, 2.75) is 24.2 Å². The smallest absolute Gasteiger partial charge is 0.270 e. The molecule has 0 saturated heterocycles. The Balaban J connectivity index is 2.04. The summed E-state index contributed by atoms with van der Waals surface area (Å²) in [5, 5.41) is 9.75. The standard InChI is InChI=1S/C10H12N4O4S2/c1-2-8(15)12-9-13-14-10(19-9)20(16,17)11-6-7-4-3-5-18-7/h3-5,11H,2,6H2,1H3,(H,12,13,15). The number of rotatable bonds is 6. The van der Waals surface area contributed by atoms with Crippen molar-refractivity contribution in [3.05, 3.63) is 24.2 Å². The van der Waals surface area contributed by atoms with Crippen molar-refractivity contribution in [2.75, 3.05) is 5.32 Å². The molecule has 0 aliphatic carbocycles. The molecule has 0 aromatic carbocycles. The van der Waals surface area contributed by atoms with Gasteiger partial charge in [0.05, 0.1) is 12.8 Å². The lowest BCUT2D eigenvalue weighted by Gasteiger charge is -2.00. The second-order valence-electron chi connectivity index (χ2n) is 3.68. The fraction of sp³-hybridized carbons (Fsp3) is 0.300. The van der Waals surface area contributed by atoms with Gasteiger partial charge in [0.15, 0.2) is 0 Å². The number of anilines is 1. The molecule has 0 bridgehead atoms. The van der Waals surface area contributed by atoms with E-state index >= 15 is 0 Å². The van der Waals surface area contributed by atoms with Crippen LogP contribution in [0.15, 0.2) is 27.2 Å². The van der Waals surface area contributed by atoms with Crippen molar-refractivity contribution in [1.82, 2.24) is 14.9 Å². The molecule has 0 spiro atoms. The van der Waals surface area contributed by atoms with Crippen LogP contribution in [0.1, 0.15) is 19.1 Å². The molecule has 2 rings (SSSR count). The highest BCUT2D eigenvalue weighted by molar-refractivity contribution is 7.91. The minimum atomic E-state index is -3.77. The van der Waals surface area contributed by atoms with Crippen molar-refractivity contribution >= 4 is 32.4 Å². The van der Waals surface area contributed by atoms with Gasteiger partial charge < -0.3 is 9.73 Å². The van der Waals surface area contributed by atoms with Crippen molar-refractivity contribution < 1.29 is 17.6 Å². The number of carbonyl (C=O) groups excluding carboxylic acids is 1. The van der Waals surface area contributed by atoms with Crippen LogP contribution in [0.25, 0.3) is 0 Å². The topological polar surface area (TPSA) is 114 Å². The predicted molar refractivity (Wildman–Crippen MR) is 71.6 cm³/mol. The first-order chi connectivity index (χ1) is 9.51. The largest absolute Gasteiger partial charge is 0.468 e. The number of hydrogen-bond donors (Lipinski definition) is 2. The third-order valence-electron chi connectivity index (χ3n) is 2.22. The van der Waals surface area contributed by atoms with Crippen molar-refractivity contribution in [1.29, 1.82) is 0 Å². The lowest BCUT2D eigenvalue weighted by molar-refractivity contribution is -0.115. The number of aromatic nitrogens is 2. The molecule has 2 aromatic rings. The monoisotopic (exact) mass is 316 g/mol. The highest BCUT2D eigenvalue weighted by Gasteiger charge is 2.20. The van der Waals surface area contributed by atoms with Gasteiger partial charge in [-0.1, -0.05) is 18.3 Å². The van der Waals surface area contributed by atoms with Gasteiger partial charge >= 0.3 is 0 Å². The molecule has 2 aromatic heterocycles. The quantitative estimate of drug-likeness (QED) is 0.767. The van der Waals surface area contributed by atoms with Crippen LogP contribution in [-0.4, -0.2) is 24.5 Å². The van der Waals surface area contributed by atoms with E-state index in [9.17, 15) is 13.2 Å². The van der Waals surface area contributed by atoms with E-state index in [2.05, 4.69) is 20.2 Å². The molecule has 0 saturated carbocycles. The summed E-state index contributed by atoms with van der Waals surface area (Å²) in [6, 6.07) is 3.31. The first-order valence-electron chi connectivity index (χ1n) is 5.66. The second-order valence-corrected chi connectivity index (χ2v) is 6.60. The summed E-state index contributed by atoms with van der Waals surface area (Å²) in [6.45, 7) is 1.70. The van der Waals surface area contributed by atoms with E-state index in [4.69, 9.17) is 4.42 Å². The molecule has 0 atom stereocenters. The predicted octanol–water partition coefficient (Wildman–Crippen LogP) is 0.958. The molecule has 0 aliphatic heterocycles. The Kier molecular flexibility index (Phi) is 4.47. The van der Waals surface area contributed by atoms with E-state index in [0.717, 1.165) is 11.3 Å². The van der Waals surface area contributed by atoms with Gasteiger partial charge in [-0.05, 0) is 12.1 Å². The Labute approximate surface area is 119 Å². The zero-order valence-corrected chi connectivity index (χ0v) is 12.1. The summed E-state index contributed by atoms with van der Waals surface area (Å²) < 4.78 is 31.0. The number of amides is 1. The fourth-order valence-corrected chi connectivity index (χ4v) is 3.17. The van der Waals surface area contributed by atoms with Gasteiger partial charge in [0.25, 0.3) is 10.0 Å². The summed E-state index contributed by atoms with van der Waals surface area (Å²) in [5.74, 6) is 0.228. The molecule has 0 unspecified atom stereocenters. The van der Waals surface area contributed by atoms with Crippen LogP contribution in [0.4, 0.5) is 5.13 Å². The SMILES string of the molecule is CCC(=O)Nc1nnc(S(=O)(=O)NCc2ccco2)s1. The molecule has 10 heteroatoms. The van der Waals surface area contributed by atoms with Crippen LogP contribution in [0.3, 0.4) is 0 Å². The third-order valence-corrected chi connectivity index (χ3v) is 4.83. The third kappa shape index (κ3) is 3.62.